The van der Waals surface area contributed by atoms with Crippen LogP contribution in [0.2, 0.25) is 0 Å². The average Bonchev–Trinajstić information content (AvgIpc) is 2.82. The summed E-state index contributed by atoms with van der Waals surface area (Å²) in [6, 6.07) is 22.6. The zero-order valence-corrected chi connectivity index (χ0v) is 18.3. The number of hydrogen-bond donors (Lipinski definition) is 1. The van der Waals surface area contributed by atoms with Gasteiger partial charge in [0.05, 0.1) is 27.4 Å². The molecular weight excluding hydrogens is 392 g/mol. The van der Waals surface area contributed by atoms with Crippen molar-refractivity contribution in [2.24, 2.45) is 0 Å². The van der Waals surface area contributed by atoms with Crippen LogP contribution in [0.25, 0.3) is 0 Å². The maximum absolute atomic E-state index is 13.3. The quantitative estimate of drug-likeness (QED) is 0.522. The highest BCUT2D eigenvalue weighted by Gasteiger charge is 2.22. The van der Waals surface area contributed by atoms with Crippen LogP contribution < -0.4 is 19.5 Å². The molecule has 0 bridgehead atoms. The van der Waals surface area contributed by atoms with Crippen molar-refractivity contribution in [1.82, 2.24) is 4.90 Å². The average molecular weight is 421 g/mol. The number of hydrogen-bond acceptors (Lipinski definition) is 4. The van der Waals surface area contributed by atoms with Gasteiger partial charge in [-0.15, -0.1) is 0 Å². The molecule has 0 heterocycles. The third kappa shape index (κ3) is 5.48. The van der Waals surface area contributed by atoms with E-state index in [0.29, 0.717) is 23.7 Å². The zero-order chi connectivity index (χ0) is 22.2. The Morgan fingerprint density at radius 2 is 1.55 bits per heavy atom. The first kappa shape index (κ1) is 22.0. The standard InChI is InChI=1S/C25H28N2O4/c1-18(20-8-6-5-7-9-20)27(17-19-10-15-23(30-3)24(16-19)31-4)25(28)26-21-11-13-22(29-2)14-12-21/h5-16,18H,17H2,1-4H3,(H,26,28). The third-order valence-corrected chi connectivity index (χ3v) is 5.15. The number of ether oxygens (including phenoxy) is 3. The van der Waals surface area contributed by atoms with Crippen molar-refractivity contribution in [1.29, 1.82) is 0 Å². The Bertz CT molecular complexity index is 990. The molecule has 0 aliphatic heterocycles. The van der Waals surface area contributed by atoms with Gasteiger partial charge in [-0.1, -0.05) is 36.4 Å². The molecule has 0 aliphatic carbocycles. The summed E-state index contributed by atoms with van der Waals surface area (Å²) in [5, 5.41) is 2.99. The first-order valence-electron chi connectivity index (χ1n) is 10.0. The fourth-order valence-corrected chi connectivity index (χ4v) is 3.34. The van der Waals surface area contributed by atoms with Gasteiger partial charge >= 0.3 is 6.03 Å². The first-order valence-corrected chi connectivity index (χ1v) is 10.0. The lowest BCUT2D eigenvalue weighted by atomic mass is 10.1. The van der Waals surface area contributed by atoms with Crippen LogP contribution in [0.4, 0.5) is 10.5 Å². The number of amides is 2. The second-order valence-corrected chi connectivity index (χ2v) is 7.06. The van der Waals surface area contributed by atoms with E-state index in [1.54, 1.807) is 26.2 Å². The van der Waals surface area contributed by atoms with E-state index in [2.05, 4.69) is 5.32 Å². The molecule has 0 aliphatic rings. The molecule has 3 aromatic rings. The number of carbonyl (C=O) groups is 1. The predicted molar refractivity (Wildman–Crippen MR) is 122 cm³/mol. The summed E-state index contributed by atoms with van der Waals surface area (Å²) in [6.45, 7) is 2.42. The molecule has 3 rings (SSSR count). The highest BCUT2D eigenvalue weighted by atomic mass is 16.5. The molecule has 0 saturated heterocycles. The molecule has 0 radical (unpaired) electrons. The number of methoxy groups -OCH3 is 3. The van der Waals surface area contributed by atoms with Crippen LogP contribution in [0, 0.1) is 0 Å². The summed E-state index contributed by atoms with van der Waals surface area (Å²) in [4.78, 5) is 15.1. The van der Waals surface area contributed by atoms with Crippen LogP contribution in [0.1, 0.15) is 24.1 Å². The molecule has 1 unspecified atom stereocenters. The number of anilines is 1. The van der Waals surface area contributed by atoms with Crippen molar-refractivity contribution in [2.75, 3.05) is 26.6 Å². The van der Waals surface area contributed by atoms with E-state index >= 15 is 0 Å². The normalized spacial score (nSPS) is 11.4. The SMILES string of the molecule is COc1ccc(NC(=O)N(Cc2ccc(OC)c(OC)c2)C(C)c2ccccc2)cc1. The van der Waals surface area contributed by atoms with Gasteiger partial charge in [0.2, 0.25) is 0 Å². The summed E-state index contributed by atoms with van der Waals surface area (Å²) in [5.74, 6) is 2.01. The minimum atomic E-state index is -0.198. The van der Waals surface area contributed by atoms with Crippen molar-refractivity contribution in [3.8, 4) is 17.2 Å². The maximum Gasteiger partial charge on any atom is 0.322 e. The Hall–Kier alpha value is -3.67. The number of nitrogens with one attached hydrogen (secondary N) is 1. The molecule has 6 nitrogen and oxygen atoms in total. The lowest BCUT2D eigenvalue weighted by Gasteiger charge is -2.30. The highest BCUT2D eigenvalue weighted by Crippen LogP contribution is 2.30. The van der Waals surface area contributed by atoms with Crippen molar-refractivity contribution >= 4 is 11.7 Å². The van der Waals surface area contributed by atoms with Crippen LogP contribution in [-0.2, 0) is 6.54 Å². The van der Waals surface area contributed by atoms with Crippen LogP contribution in [0.3, 0.4) is 0 Å². The molecule has 31 heavy (non-hydrogen) atoms. The van der Waals surface area contributed by atoms with E-state index in [1.807, 2.05) is 79.7 Å². The largest absolute Gasteiger partial charge is 0.497 e. The van der Waals surface area contributed by atoms with E-state index in [9.17, 15) is 4.79 Å². The minimum Gasteiger partial charge on any atom is -0.497 e. The summed E-state index contributed by atoms with van der Waals surface area (Å²) in [5.41, 5.74) is 2.68. The Morgan fingerprint density at radius 1 is 0.871 bits per heavy atom. The Kier molecular flexibility index (Phi) is 7.38. The molecule has 3 aromatic carbocycles. The minimum absolute atomic E-state index is 0.146. The number of nitrogens with zero attached hydrogens (tertiary/aromatic N) is 1. The molecular formula is C25H28N2O4. The third-order valence-electron chi connectivity index (χ3n) is 5.15. The number of urea groups is 1. The van der Waals surface area contributed by atoms with Crippen molar-refractivity contribution in [2.45, 2.75) is 19.5 Å². The van der Waals surface area contributed by atoms with Crippen molar-refractivity contribution in [3.63, 3.8) is 0 Å². The second kappa shape index (κ2) is 10.4. The summed E-state index contributed by atoms with van der Waals surface area (Å²) in [6.07, 6.45) is 0. The summed E-state index contributed by atoms with van der Waals surface area (Å²) < 4.78 is 15.9. The van der Waals surface area contributed by atoms with Gasteiger partial charge in [0.1, 0.15) is 5.75 Å². The van der Waals surface area contributed by atoms with Crippen LogP contribution in [-0.4, -0.2) is 32.3 Å². The van der Waals surface area contributed by atoms with E-state index < -0.39 is 0 Å². The van der Waals surface area contributed by atoms with E-state index in [-0.39, 0.29) is 12.1 Å². The zero-order valence-electron chi connectivity index (χ0n) is 18.3. The number of carbonyl (C=O) groups excluding carboxylic acids is 1. The van der Waals surface area contributed by atoms with Gasteiger partial charge < -0.3 is 24.4 Å². The molecule has 0 saturated carbocycles. The monoisotopic (exact) mass is 420 g/mol. The van der Waals surface area contributed by atoms with Gasteiger partial charge in [0, 0.05) is 12.2 Å². The predicted octanol–water partition coefficient (Wildman–Crippen LogP) is 5.51. The maximum atomic E-state index is 13.3. The molecule has 0 spiro atoms. The number of benzene rings is 3. The molecule has 2 amide bonds. The Morgan fingerprint density at radius 3 is 2.16 bits per heavy atom. The lowest BCUT2D eigenvalue weighted by Crippen LogP contribution is -2.36. The molecule has 162 valence electrons. The van der Waals surface area contributed by atoms with E-state index in [1.165, 1.54) is 0 Å². The van der Waals surface area contributed by atoms with E-state index in [4.69, 9.17) is 14.2 Å². The van der Waals surface area contributed by atoms with E-state index in [0.717, 1.165) is 16.9 Å². The van der Waals surface area contributed by atoms with Crippen LogP contribution in [0.5, 0.6) is 17.2 Å². The molecule has 1 N–H and O–H groups in total. The Labute approximate surface area is 183 Å². The Balaban J connectivity index is 1.87. The summed E-state index contributed by atoms with van der Waals surface area (Å²) >= 11 is 0. The molecule has 0 fully saturated rings. The topological polar surface area (TPSA) is 60.0 Å². The fourth-order valence-electron chi connectivity index (χ4n) is 3.34. The first-order chi connectivity index (χ1) is 15.0. The number of rotatable bonds is 8. The van der Waals surface area contributed by atoms with Crippen molar-refractivity contribution < 1.29 is 19.0 Å². The van der Waals surface area contributed by atoms with Gasteiger partial charge in [-0.3, -0.25) is 0 Å². The van der Waals surface area contributed by atoms with Gasteiger partial charge in [0.15, 0.2) is 11.5 Å². The van der Waals surface area contributed by atoms with Crippen LogP contribution >= 0.6 is 0 Å². The fraction of sp³-hybridized carbons (Fsp3) is 0.240. The second-order valence-electron chi connectivity index (χ2n) is 7.06. The summed E-state index contributed by atoms with van der Waals surface area (Å²) in [7, 11) is 4.81. The lowest BCUT2D eigenvalue weighted by molar-refractivity contribution is 0.189. The molecule has 6 heteroatoms. The van der Waals surface area contributed by atoms with Gasteiger partial charge in [0.25, 0.3) is 0 Å². The van der Waals surface area contributed by atoms with Crippen LogP contribution in [0.15, 0.2) is 72.8 Å². The van der Waals surface area contributed by atoms with Gasteiger partial charge in [-0.25, -0.2) is 4.79 Å². The van der Waals surface area contributed by atoms with Gasteiger partial charge in [-0.05, 0) is 54.4 Å². The smallest absolute Gasteiger partial charge is 0.322 e. The molecule has 1 atom stereocenters. The van der Waals surface area contributed by atoms with Gasteiger partial charge in [-0.2, -0.15) is 0 Å². The van der Waals surface area contributed by atoms with Crippen molar-refractivity contribution in [3.05, 3.63) is 83.9 Å². The molecule has 0 aromatic heterocycles. The highest BCUT2D eigenvalue weighted by molar-refractivity contribution is 5.89.